The number of imide groups is 1. The zero-order valence-electron chi connectivity index (χ0n) is 13.9. The maximum absolute atomic E-state index is 13.6. The van der Waals surface area contributed by atoms with Gasteiger partial charge in [0.05, 0.1) is 12.2 Å². The molecule has 27 heavy (non-hydrogen) atoms. The summed E-state index contributed by atoms with van der Waals surface area (Å²) >= 11 is 1.25. The molecule has 3 aromatic rings. The molecule has 2 aromatic heterocycles. The molecule has 7 nitrogen and oxygen atoms in total. The summed E-state index contributed by atoms with van der Waals surface area (Å²) in [4.78, 5) is 42.9. The standard InChI is InChI=1S/C17H12F2N4O3S/c1-17(9-2-3-11(18)12(19)6-9)14(25)23(15(26)21-17)8-10-7-13(24)22-4-5-27-16(22)20-10/h2-7H,8H2,1H3,(H,21,26). The third kappa shape index (κ3) is 2.69. The summed E-state index contributed by atoms with van der Waals surface area (Å²) < 4.78 is 28.1. The average Bonchev–Trinajstić information content (AvgIpc) is 3.17. The van der Waals surface area contributed by atoms with E-state index in [0.29, 0.717) is 4.96 Å². The molecule has 1 aliphatic heterocycles. The molecular formula is C17H12F2N4O3S. The lowest BCUT2D eigenvalue weighted by Gasteiger charge is -2.22. The number of fused-ring (bicyclic) bond motifs is 1. The molecule has 3 amide bonds. The number of carbonyl (C=O) groups is 2. The Bertz CT molecular complexity index is 1160. The van der Waals surface area contributed by atoms with Crippen LogP contribution in [-0.4, -0.2) is 26.2 Å². The highest BCUT2D eigenvalue weighted by molar-refractivity contribution is 7.15. The van der Waals surface area contributed by atoms with Crippen molar-refractivity contribution in [1.29, 1.82) is 0 Å². The summed E-state index contributed by atoms with van der Waals surface area (Å²) in [6.45, 7) is 1.19. The van der Waals surface area contributed by atoms with E-state index in [9.17, 15) is 23.2 Å². The number of amides is 3. The number of urea groups is 1. The Morgan fingerprint density at radius 2 is 1.96 bits per heavy atom. The van der Waals surface area contributed by atoms with Gasteiger partial charge in [0.25, 0.3) is 11.5 Å². The largest absolute Gasteiger partial charge is 0.325 e. The fourth-order valence-electron chi connectivity index (χ4n) is 2.97. The topological polar surface area (TPSA) is 83.8 Å². The summed E-state index contributed by atoms with van der Waals surface area (Å²) in [6.07, 6.45) is 1.58. The predicted octanol–water partition coefficient (Wildman–Crippen LogP) is 2.00. The lowest BCUT2D eigenvalue weighted by molar-refractivity contribution is -0.131. The molecule has 1 aliphatic rings. The van der Waals surface area contributed by atoms with E-state index in [1.54, 1.807) is 11.6 Å². The van der Waals surface area contributed by atoms with Crippen molar-refractivity contribution >= 4 is 28.2 Å². The Labute approximate surface area is 154 Å². The number of hydrogen-bond donors (Lipinski definition) is 1. The lowest BCUT2D eigenvalue weighted by Crippen LogP contribution is -2.41. The van der Waals surface area contributed by atoms with Crippen molar-refractivity contribution in [2.45, 2.75) is 19.0 Å². The van der Waals surface area contributed by atoms with Crippen LogP contribution in [0.25, 0.3) is 4.96 Å². The highest BCUT2D eigenvalue weighted by Gasteiger charge is 2.49. The van der Waals surface area contributed by atoms with E-state index in [2.05, 4.69) is 10.3 Å². The Hall–Kier alpha value is -3.14. The maximum atomic E-state index is 13.6. The van der Waals surface area contributed by atoms with Crippen molar-refractivity contribution in [2.75, 3.05) is 0 Å². The van der Waals surface area contributed by atoms with E-state index < -0.39 is 29.1 Å². The second-order valence-electron chi connectivity index (χ2n) is 6.22. The second kappa shape index (κ2) is 5.95. The van der Waals surface area contributed by atoms with Crippen molar-refractivity contribution in [2.24, 2.45) is 0 Å². The van der Waals surface area contributed by atoms with Crippen LogP contribution in [0.4, 0.5) is 13.6 Å². The van der Waals surface area contributed by atoms with Gasteiger partial charge in [0.15, 0.2) is 16.6 Å². The van der Waals surface area contributed by atoms with E-state index in [1.165, 1.54) is 34.8 Å². The average molecular weight is 390 g/mol. The van der Waals surface area contributed by atoms with Gasteiger partial charge in [0.2, 0.25) is 0 Å². The minimum Gasteiger partial charge on any atom is -0.319 e. The molecule has 1 fully saturated rings. The normalized spacial score (nSPS) is 19.7. The van der Waals surface area contributed by atoms with E-state index in [1.807, 2.05) is 0 Å². The van der Waals surface area contributed by atoms with Gasteiger partial charge in [-0.3, -0.25) is 18.9 Å². The van der Waals surface area contributed by atoms with Gasteiger partial charge in [-0.1, -0.05) is 6.07 Å². The predicted molar refractivity (Wildman–Crippen MR) is 92.1 cm³/mol. The van der Waals surface area contributed by atoms with E-state index >= 15 is 0 Å². The zero-order valence-corrected chi connectivity index (χ0v) is 14.7. The van der Waals surface area contributed by atoms with Crippen LogP contribution >= 0.6 is 11.3 Å². The molecular weight excluding hydrogens is 378 g/mol. The van der Waals surface area contributed by atoms with Crippen LogP contribution in [-0.2, 0) is 16.9 Å². The second-order valence-corrected chi connectivity index (χ2v) is 7.09. The molecule has 3 heterocycles. The number of nitrogens with zero attached hydrogens (tertiary/aromatic N) is 3. The molecule has 0 spiro atoms. The highest BCUT2D eigenvalue weighted by Crippen LogP contribution is 2.30. The zero-order chi connectivity index (χ0) is 19.3. The summed E-state index contributed by atoms with van der Waals surface area (Å²) in [5, 5.41) is 4.20. The Morgan fingerprint density at radius 1 is 1.19 bits per heavy atom. The van der Waals surface area contributed by atoms with Crippen LogP contribution < -0.4 is 10.9 Å². The molecule has 0 radical (unpaired) electrons. The summed E-state index contributed by atoms with van der Waals surface area (Å²) in [5.41, 5.74) is -1.51. The van der Waals surface area contributed by atoms with E-state index in [0.717, 1.165) is 17.0 Å². The third-order valence-corrected chi connectivity index (χ3v) is 5.20. The fourth-order valence-corrected chi connectivity index (χ4v) is 3.71. The van der Waals surface area contributed by atoms with Crippen LogP contribution in [0.2, 0.25) is 0 Å². The number of hydrogen-bond acceptors (Lipinski definition) is 5. The monoisotopic (exact) mass is 390 g/mol. The van der Waals surface area contributed by atoms with Crippen LogP contribution in [0.3, 0.4) is 0 Å². The van der Waals surface area contributed by atoms with Crippen LogP contribution in [0, 0.1) is 11.6 Å². The Balaban J connectivity index is 1.67. The molecule has 1 atom stereocenters. The minimum absolute atomic E-state index is 0.115. The molecule has 1 aromatic carbocycles. The first-order valence-electron chi connectivity index (χ1n) is 7.85. The number of halogens is 2. The quantitative estimate of drug-likeness (QED) is 0.694. The van der Waals surface area contributed by atoms with Gasteiger partial charge in [-0.15, -0.1) is 11.3 Å². The molecule has 10 heteroatoms. The molecule has 0 bridgehead atoms. The van der Waals surface area contributed by atoms with Crippen molar-refractivity contribution in [1.82, 2.24) is 19.6 Å². The number of carbonyl (C=O) groups excluding carboxylic acids is 2. The number of rotatable bonds is 3. The lowest BCUT2D eigenvalue weighted by atomic mass is 9.92. The highest BCUT2D eigenvalue weighted by atomic mass is 32.1. The molecule has 138 valence electrons. The Morgan fingerprint density at radius 3 is 2.70 bits per heavy atom. The Kier molecular flexibility index (Phi) is 3.81. The van der Waals surface area contributed by atoms with Crippen molar-refractivity contribution in [3.05, 3.63) is 69.1 Å². The summed E-state index contributed by atoms with van der Waals surface area (Å²) in [6, 6.07) is 3.54. The van der Waals surface area contributed by atoms with Gasteiger partial charge >= 0.3 is 6.03 Å². The van der Waals surface area contributed by atoms with Crippen LogP contribution in [0.1, 0.15) is 18.2 Å². The van der Waals surface area contributed by atoms with Crippen LogP contribution in [0.5, 0.6) is 0 Å². The number of benzene rings is 1. The van der Waals surface area contributed by atoms with Gasteiger partial charge in [-0.2, -0.15) is 0 Å². The summed E-state index contributed by atoms with van der Waals surface area (Å²) in [7, 11) is 0. The van der Waals surface area contributed by atoms with Gasteiger partial charge < -0.3 is 5.32 Å². The first-order valence-corrected chi connectivity index (χ1v) is 8.73. The fraction of sp³-hybridized carbons (Fsp3) is 0.176. The maximum Gasteiger partial charge on any atom is 0.325 e. The molecule has 0 saturated carbocycles. The molecule has 0 aliphatic carbocycles. The first kappa shape index (κ1) is 17.3. The van der Waals surface area contributed by atoms with Gasteiger partial charge in [-0.05, 0) is 24.6 Å². The molecule has 1 unspecified atom stereocenters. The van der Waals surface area contributed by atoms with Crippen LogP contribution in [0.15, 0.2) is 40.6 Å². The first-order chi connectivity index (χ1) is 12.8. The molecule has 1 N–H and O–H groups in total. The van der Waals surface area contributed by atoms with Gasteiger partial charge in [-0.25, -0.2) is 18.6 Å². The van der Waals surface area contributed by atoms with Crippen molar-refractivity contribution in [3.8, 4) is 0 Å². The van der Waals surface area contributed by atoms with E-state index in [4.69, 9.17) is 0 Å². The number of nitrogens with one attached hydrogen (secondary N) is 1. The summed E-state index contributed by atoms with van der Waals surface area (Å²) in [5.74, 6) is -2.82. The van der Waals surface area contributed by atoms with Crippen molar-refractivity contribution < 1.29 is 18.4 Å². The smallest absolute Gasteiger partial charge is 0.319 e. The van der Waals surface area contributed by atoms with Gasteiger partial charge in [0, 0.05) is 17.6 Å². The third-order valence-electron chi connectivity index (χ3n) is 4.45. The number of aromatic nitrogens is 2. The van der Waals surface area contributed by atoms with E-state index in [-0.39, 0.29) is 23.4 Å². The minimum atomic E-state index is -1.55. The molecule has 1 saturated heterocycles. The SMILES string of the molecule is CC1(c2ccc(F)c(F)c2)NC(=O)N(Cc2cc(=O)n3ccsc3n2)C1=O. The van der Waals surface area contributed by atoms with Gasteiger partial charge in [0.1, 0.15) is 5.54 Å². The van der Waals surface area contributed by atoms with Crippen molar-refractivity contribution in [3.63, 3.8) is 0 Å². The number of thiazole rings is 1. The molecule has 4 rings (SSSR count).